The van der Waals surface area contributed by atoms with Crippen LogP contribution in [0.4, 0.5) is 5.69 Å². The molecular weight excluding hydrogens is 193 g/mol. The first-order valence-electron chi connectivity index (χ1n) is 5.44. The third kappa shape index (κ3) is 1.13. The summed E-state index contributed by atoms with van der Waals surface area (Å²) in [6.07, 6.45) is 0. The van der Waals surface area contributed by atoms with Gasteiger partial charge in [-0.25, -0.2) is 0 Å². The van der Waals surface area contributed by atoms with Crippen molar-refractivity contribution in [1.29, 1.82) is 0 Å². The number of benzene rings is 3. The summed E-state index contributed by atoms with van der Waals surface area (Å²) in [5.74, 6) is 0. The third-order valence-electron chi connectivity index (χ3n) is 3.24. The number of anilines is 1. The normalized spacial score (nSPS) is 11.0. The van der Waals surface area contributed by atoms with E-state index >= 15 is 0 Å². The Kier molecular flexibility index (Phi) is 1.90. The van der Waals surface area contributed by atoms with Crippen LogP contribution in [-0.4, -0.2) is 7.85 Å². The van der Waals surface area contributed by atoms with Crippen molar-refractivity contribution < 1.29 is 0 Å². The van der Waals surface area contributed by atoms with E-state index in [9.17, 15) is 0 Å². The van der Waals surface area contributed by atoms with Gasteiger partial charge in [-0.2, -0.15) is 0 Å². The molecule has 0 amide bonds. The SMILES string of the molecule is Bc1c2ccccc2c(N)c2ccccc12. The predicted octanol–water partition coefficient (Wildman–Crippen LogP) is 1.83. The molecule has 0 saturated carbocycles. The van der Waals surface area contributed by atoms with Crippen molar-refractivity contribution in [1.82, 2.24) is 0 Å². The van der Waals surface area contributed by atoms with Gasteiger partial charge in [0.05, 0.1) is 0 Å². The molecule has 76 valence electrons. The average molecular weight is 205 g/mol. The fraction of sp³-hybridized carbons (Fsp3) is 0. The van der Waals surface area contributed by atoms with Crippen molar-refractivity contribution in [3.8, 4) is 0 Å². The van der Waals surface area contributed by atoms with Crippen molar-refractivity contribution in [2.45, 2.75) is 0 Å². The molecule has 0 unspecified atom stereocenters. The summed E-state index contributed by atoms with van der Waals surface area (Å²) in [4.78, 5) is 0. The minimum Gasteiger partial charge on any atom is -0.398 e. The zero-order valence-corrected chi connectivity index (χ0v) is 9.20. The van der Waals surface area contributed by atoms with E-state index in [2.05, 4.69) is 44.2 Å². The lowest BCUT2D eigenvalue weighted by atomic mass is 9.84. The maximum Gasteiger partial charge on any atom is 0.140 e. The van der Waals surface area contributed by atoms with Gasteiger partial charge in [0, 0.05) is 16.5 Å². The maximum absolute atomic E-state index is 6.22. The van der Waals surface area contributed by atoms with Crippen molar-refractivity contribution in [3.63, 3.8) is 0 Å². The van der Waals surface area contributed by atoms with Gasteiger partial charge < -0.3 is 5.73 Å². The van der Waals surface area contributed by atoms with Gasteiger partial charge >= 0.3 is 0 Å². The molecule has 3 rings (SSSR count). The molecule has 0 radical (unpaired) electrons. The Morgan fingerprint density at radius 3 is 1.50 bits per heavy atom. The maximum atomic E-state index is 6.22. The molecule has 1 nitrogen and oxygen atoms in total. The number of nitrogens with two attached hydrogens (primary N) is 1. The highest BCUT2D eigenvalue weighted by Crippen LogP contribution is 2.28. The van der Waals surface area contributed by atoms with Crippen molar-refractivity contribution in [2.75, 3.05) is 5.73 Å². The fourth-order valence-corrected chi connectivity index (χ4v) is 2.38. The minimum absolute atomic E-state index is 0.886. The first kappa shape index (κ1) is 9.28. The summed E-state index contributed by atoms with van der Waals surface area (Å²) in [5, 5.41) is 4.80. The van der Waals surface area contributed by atoms with E-state index in [1.165, 1.54) is 16.2 Å². The Morgan fingerprint density at radius 2 is 1.06 bits per heavy atom. The van der Waals surface area contributed by atoms with Crippen molar-refractivity contribution >= 4 is 40.5 Å². The standard InChI is InChI=1S/C14H12BN/c15-13-9-5-1-3-7-11(9)14(16)12-8-4-2-6-10(12)13/h1-8H,15-16H2. The number of rotatable bonds is 0. The zero-order chi connectivity index (χ0) is 11.1. The highest BCUT2D eigenvalue weighted by atomic mass is 14.6. The second kappa shape index (κ2) is 3.27. The second-order valence-electron chi connectivity index (χ2n) is 4.13. The molecule has 0 saturated heterocycles. The Hall–Kier alpha value is -1.96. The molecule has 0 aliphatic heterocycles. The molecule has 2 N–H and O–H groups in total. The summed E-state index contributed by atoms with van der Waals surface area (Å²) >= 11 is 0. The van der Waals surface area contributed by atoms with Gasteiger partial charge in [-0.1, -0.05) is 54.0 Å². The quantitative estimate of drug-likeness (QED) is 0.338. The molecule has 0 aromatic heterocycles. The van der Waals surface area contributed by atoms with Crippen LogP contribution >= 0.6 is 0 Å². The van der Waals surface area contributed by atoms with E-state index in [0.29, 0.717) is 0 Å². The first-order valence-corrected chi connectivity index (χ1v) is 5.44. The third-order valence-corrected chi connectivity index (χ3v) is 3.24. The van der Waals surface area contributed by atoms with Crippen LogP contribution in [0.5, 0.6) is 0 Å². The lowest BCUT2D eigenvalue weighted by molar-refractivity contribution is 1.77. The van der Waals surface area contributed by atoms with Crippen LogP contribution < -0.4 is 11.2 Å². The van der Waals surface area contributed by atoms with Gasteiger partial charge in [-0.05, 0) is 10.8 Å². The van der Waals surface area contributed by atoms with E-state index in [4.69, 9.17) is 5.73 Å². The summed E-state index contributed by atoms with van der Waals surface area (Å²) in [6, 6.07) is 16.6. The molecule has 0 bridgehead atoms. The van der Waals surface area contributed by atoms with Gasteiger partial charge in [-0.15, -0.1) is 0 Å². The van der Waals surface area contributed by atoms with Crippen molar-refractivity contribution in [2.24, 2.45) is 0 Å². The van der Waals surface area contributed by atoms with Crippen LogP contribution in [0.1, 0.15) is 0 Å². The summed E-state index contributed by atoms with van der Waals surface area (Å²) in [6.45, 7) is 0. The zero-order valence-electron chi connectivity index (χ0n) is 9.20. The summed E-state index contributed by atoms with van der Waals surface area (Å²) < 4.78 is 0. The molecule has 3 aromatic carbocycles. The highest BCUT2D eigenvalue weighted by molar-refractivity contribution is 6.46. The molecule has 16 heavy (non-hydrogen) atoms. The highest BCUT2D eigenvalue weighted by Gasteiger charge is 2.07. The molecule has 0 heterocycles. The van der Waals surface area contributed by atoms with Crippen LogP contribution in [0, 0.1) is 0 Å². The monoisotopic (exact) mass is 205 g/mol. The topological polar surface area (TPSA) is 26.0 Å². The van der Waals surface area contributed by atoms with Crippen LogP contribution in [0.2, 0.25) is 0 Å². The van der Waals surface area contributed by atoms with Gasteiger partial charge in [0.15, 0.2) is 0 Å². The number of fused-ring (bicyclic) bond motifs is 2. The predicted molar refractivity (Wildman–Crippen MR) is 74.0 cm³/mol. The van der Waals surface area contributed by atoms with Crippen LogP contribution in [0.15, 0.2) is 48.5 Å². The van der Waals surface area contributed by atoms with Crippen LogP contribution in [0.25, 0.3) is 21.5 Å². The summed E-state index contributed by atoms with van der Waals surface area (Å²) in [7, 11) is 2.16. The lowest BCUT2D eigenvalue weighted by Crippen LogP contribution is -2.07. The average Bonchev–Trinajstić information content (AvgIpc) is 2.36. The van der Waals surface area contributed by atoms with E-state index in [1.807, 2.05) is 12.1 Å². The Labute approximate surface area is 95.3 Å². The Morgan fingerprint density at radius 1 is 0.688 bits per heavy atom. The summed E-state index contributed by atoms with van der Waals surface area (Å²) in [5.41, 5.74) is 8.42. The fourth-order valence-electron chi connectivity index (χ4n) is 2.38. The smallest absolute Gasteiger partial charge is 0.140 e. The van der Waals surface area contributed by atoms with Crippen LogP contribution in [0.3, 0.4) is 0 Å². The minimum atomic E-state index is 0.886. The number of nitrogen functional groups attached to an aromatic ring is 1. The van der Waals surface area contributed by atoms with Gasteiger partial charge in [0.25, 0.3) is 0 Å². The molecule has 0 atom stereocenters. The van der Waals surface area contributed by atoms with Gasteiger partial charge in [0.2, 0.25) is 0 Å². The second-order valence-corrected chi connectivity index (χ2v) is 4.13. The van der Waals surface area contributed by atoms with E-state index in [1.54, 1.807) is 0 Å². The van der Waals surface area contributed by atoms with E-state index < -0.39 is 0 Å². The molecule has 0 fully saturated rings. The lowest BCUT2D eigenvalue weighted by Gasteiger charge is -2.11. The van der Waals surface area contributed by atoms with Crippen LogP contribution in [-0.2, 0) is 0 Å². The number of hydrogen-bond acceptors (Lipinski definition) is 1. The molecule has 0 aliphatic rings. The molecule has 2 heteroatoms. The molecule has 0 aliphatic carbocycles. The Balaban J connectivity index is 2.67. The van der Waals surface area contributed by atoms with Gasteiger partial charge in [-0.3, -0.25) is 0 Å². The molecule has 3 aromatic rings. The van der Waals surface area contributed by atoms with E-state index in [-0.39, 0.29) is 0 Å². The Bertz CT molecular complexity index is 572. The molecule has 0 spiro atoms. The van der Waals surface area contributed by atoms with Gasteiger partial charge in [0.1, 0.15) is 7.85 Å². The first-order chi connectivity index (χ1) is 7.79. The molecular formula is C14H12BN. The van der Waals surface area contributed by atoms with Crippen molar-refractivity contribution in [3.05, 3.63) is 48.5 Å². The van der Waals surface area contributed by atoms with E-state index in [0.717, 1.165) is 16.5 Å². The largest absolute Gasteiger partial charge is 0.398 e. The number of hydrogen-bond donors (Lipinski definition) is 1.